The van der Waals surface area contributed by atoms with Crippen LogP contribution >= 0.6 is 15.9 Å². The summed E-state index contributed by atoms with van der Waals surface area (Å²) in [5.74, 6) is 0. The molecule has 30 heavy (non-hydrogen) atoms. The smallest absolute Gasteiger partial charge is 0.130 e. The molecule has 0 aliphatic heterocycles. The number of allylic oxidation sites excluding steroid dienone is 1. The van der Waals surface area contributed by atoms with Gasteiger partial charge in [0.2, 0.25) is 0 Å². The van der Waals surface area contributed by atoms with Crippen molar-refractivity contribution in [1.82, 2.24) is 4.57 Å². The summed E-state index contributed by atoms with van der Waals surface area (Å²) in [5, 5.41) is 18.7. The van der Waals surface area contributed by atoms with Crippen LogP contribution in [0.15, 0.2) is 101 Å². The second kappa shape index (κ2) is 8.66. The molecule has 0 N–H and O–H groups in total. The minimum atomic E-state index is 0.0692. The van der Waals surface area contributed by atoms with E-state index in [1.165, 1.54) is 0 Å². The van der Waals surface area contributed by atoms with E-state index in [9.17, 15) is 10.5 Å². The number of hydrogen-bond acceptors (Lipinski definition) is 2. The van der Waals surface area contributed by atoms with E-state index in [0.29, 0.717) is 0 Å². The van der Waals surface area contributed by atoms with Gasteiger partial charge in [-0.3, -0.25) is 0 Å². The summed E-state index contributed by atoms with van der Waals surface area (Å²) in [6, 6.07) is 34.2. The minimum absolute atomic E-state index is 0.0692. The fraction of sp³-hybridized carbons (Fsp3) is 0. The zero-order valence-corrected chi connectivity index (χ0v) is 17.5. The summed E-state index contributed by atoms with van der Waals surface area (Å²) in [6.07, 6.45) is 1.66. The molecule has 4 aromatic rings. The van der Waals surface area contributed by atoms with Crippen molar-refractivity contribution < 1.29 is 0 Å². The Morgan fingerprint density at radius 1 is 0.767 bits per heavy atom. The summed E-state index contributed by atoms with van der Waals surface area (Å²) in [7, 11) is 0. The SMILES string of the molecule is N#CC(C#N)=Cc1cc(-c2ccccc2)n(-c2ccc(Br)cc2)c1-c1ccccc1. The van der Waals surface area contributed by atoms with Crippen molar-refractivity contribution in [2.75, 3.05) is 0 Å². The van der Waals surface area contributed by atoms with Crippen LogP contribution in [0.25, 0.3) is 34.3 Å². The average Bonchev–Trinajstić information content (AvgIpc) is 3.18. The Morgan fingerprint density at radius 3 is 1.90 bits per heavy atom. The van der Waals surface area contributed by atoms with Gasteiger partial charge in [-0.25, -0.2) is 0 Å². The van der Waals surface area contributed by atoms with Gasteiger partial charge in [0.15, 0.2) is 0 Å². The second-order valence-corrected chi connectivity index (χ2v) is 7.57. The number of benzene rings is 3. The lowest BCUT2D eigenvalue weighted by Crippen LogP contribution is -2.00. The molecule has 0 radical (unpaired) electrons. The van der Waals surface area contributed by atoms with Gasteiger partial charge in [0.25, 0.3) is 0 Å². The van der Waals surface area contributed by atoms with Crippen LogP contribution in [-0.4, -0.2) is 4.57 Å². The van der Waals surface area contributed by atoms with E-state index in [1.54, 1.807) is 6.08 Å². The molecule has 142 valence electrons. The summed E-state index contributed by atoms with van der Waals surface area (Å²) in [4.78, 5) is 0. The van der Waals surface area contributed by atoms with Gasteiger partial charge in [-0.1, -0.05) is 76.6 Å². The van der Waals surface area contributed by atoms with Crippen LogP contribution in [-0.2, 0) is 0 Å². The van der Waals surface area contributed by atoms with Gasteiger partial charge in [-0.2, -0.15) is 10.5 Å². The molecule has 0 fully saturated rings. The molecule has 1 heterocycles. The minimum Gasteiger partial charge on any atom is -0.309 e. The quantitative estimate of drug-likeness (QED) is 0.314. The van der Waals surface area contributed by atoms with Crippen molar-refractivity contribution in [3.63, 3.8) is 0 Å². The number of hydrogen-bond donors (Lipinski definition) is 0. The molecule has 3 aromatic carbocycles. The maximum atomic E-state index is 9.34. The number of halogens is 1. The van der Waals surface area contributed by atoms with Crippen molar-refractivity contribution in [2.45, 2.75) is 0 Å². The first-order valence-electron chi connectivity index (χ1n) is 9.35. The van der Waals surface area contributed by atoms with Gasteiger partial charge in [0.1, 0.15) is 17.7 Å². The molecule has 0 atom stereocenters. The van der Waals surface area contributed by atoms with Gasteiger partial charge >= 0.3 is 0 Å². The Bertz CT molecular complexity index is 1270. The zero-order valence-electron chi connectivity index (χ0n) is 16.0. The summed E-state index contributed by atoms with van der Waals surface area (Å²) < 4.78 is 3.17. The molecule has 0 saturated heterocycles. The van der Waals surface area contributed by atoms with Gasteiger partial charge in [-0.05, 0) is 47.5 Å². The molecule has 0 spiro atoms. The van der Waals surface area contributed by atoms with Crippen molar-refractivity contribution in [3.8, 4) is 40.3 Å². The first-order valence-corrected chi connectivity index (χ1v) is 10.1. The number of rotatable bonds is 4. The summed E-state index contributed by atoms with van der Waals surface area (Å²) >= 11 is 3.51. The van der Waals surface area contributed by atoms with Gasteiger partial charge in [-0.15, -0.1) is 0 Å². The maximum Gasteiger partial charge on any atom is 0.130 e. The molecular formula is C26H16BrN3. The lowest BCUT2D eigenvalue weighted by molar-refractivity contribution is 1.09. The number of aromatic nitrogens is 1. The van der Waals surface area contributed by atoms with Crippen LogP contribution < -0.4 is 0 Å². The first kappa shape index (κ1) is 19.5. The van der Waals surface area contributed by atoms with E-state index >= 15 is 0 Å². The van der Waals surface area contributed by atoms with Gasteiger partial charge in [0, 0.05) is 15.7 Å². The topological polar surface area (TPSA) is 52.5 Å². The van der Waals surface area contributed by atoms with E-state index in [0.717, 1.165) is 38.2 Å². The van der Waals surface area contributed by atoms with Gasteiger partial charge in [0.05, 0.1) is 11.4 Å². The van der Waals surface area contributed by atoms with Crippen LogP contribution in [0.5, 0.6) is 0 Å². The van der Waals surface area contributed by atoms with Gasteiger partial charge < -0.3 is 4.57 Å². The Morgan fingerprint density at radius 2 is 1.33 bits per heavy atom. The Balaban J connectivity index is 2.10. The molecule has 0 amide bonds. The van der Waals surface area contributed by atoms with Crippen molar-refractivity contribution in [3.05, 3.63) is 107 Å². The van der Waals surface area contributed by atoms with Crippen LogP contribution in [0.2, 0.25) is 0 Å². The normalized spacial score (nSPS) is 10.1. The van der Waals surface area contributed by atoms with Crippen LogP contribution in [0.3, 0.4) is 0 Å². The predicted octanol–water partition coefficient (Wildman–Crippen LogP) is 7.00. The third kappa shape index (κ3) is 3.82. The Kier molecular flexibility index (Phi) is 5.61. The molecule has 0 unspecified atom stereocenters. The third-order valence-corrected chi connectivity index (χ3v) is 5.30. The van der Waals surface area contributed by atoms with E-state index < -0.39 is 0 Å². The lowest BCUT2D eigenvalue weighted by Gasteiger charge is -2.15. The molecule has 1 aromatic heterocycles. The fourth-order valence-corrected chi connectivity index (χ4v) is 3.72. The number of nitriles is 2. The van der Waals surface area contributed by atoms with E-state index in [2.05, 4.69) is 32.6 Å². The highest BCUT2D eigenvalue weighted by atomic mass is 79.9. The first-order chi connectivity index (χ1) is 14.7. The highest BCUT2D eigenvalue weighted by Gasteiger charge is 2.18. The zero-order chi connectivity index (χ0) is 20.9. The highest BCUT2D eigenvalue weighted by molar-refractivity contribution is 9.10. The average molecular weight is 450 g/mol. The molecular weight excluding hydrogens is 434 g/mol. The molecule has 0 aliphatic rings. The van der Waals surface area contributed by atoms with Crippen LogP contribution in [0, 0.1) is 22.7 Å². The largest absolute Gasteiger partial charge is 0.309 e. The Labute approximate surface area is 183 Å². The van der Waals surface area contributed by atoms with Crippen molar-refractivity contribution in [1.29, 1.82) is 10.5 Å². The van der Waals surface area contributed by atoms with Crippen molar-refractivity contribution >= 4 is 22.0 Å². The summed E-state index contributed by atoms with van der Waals surface area (Å²) in [6.45, 7) is 0. The second-order valence-electron chi connectivity index (χ2n) is 6.66. The monoisotopic (exact) mass is 449 g/mol. The van der Waals surface area contributed by atoms with E-state index in [1.807, 2.05) is 91.0 Å². The standard InChI is InChI=1S/C26H16BrN3/c27-23-11-13-24(14-12-23)30-25(20-7-3-1-4-8-20)16-22(15-19(17-28)18-29)26(30)21-9-5-2-6-10-21/h1-16H. The molecule has 3 nitrogen and oxygen atoms in total. The third-order valence-electron chi connectivity index (χ3n) is 4.77. The van der Waals surface area contributed by atoms with Crippen molar-refractivity contribution in [2.24, 2.45) is 0 Å². The molecule has 0 bridgehead atoms. The lowest BCUT2D eigenvalue weighted by atomic mass is 10.1. The van der Waals surface area contributed by atoms with E-state index in [-0.39, 0.29) is 5.57 Å². The highest BCUT2D eigenvalue weighted by Crippen LogP contribution is 2.37. The number of nitrogens with zero attached hydrogens (tertiary/aromatic N) is 3. The molecule has 0 saturated carbocycles. The summed E-state index contributed by atoms with van der Waals surface area (Å²) in [5.41, 5.74) is 5.85. The van der Waals surface area contributed by atoms with E-state index in [4.69, 9.17) is 0 Å². The predicted molar refractivity (Wildman–Crippen MR) is 124 cm³/mol. The fourth-order valence-electron chi connectivity index (χ4n) is 3.46. The Hall–Kier alpha value is -3.86. The van der Waals surface area contributed by atoms with Crippen LogP contribution in [0.4, 0.5) is 0 Å². The molecule has 4 heteroatoms. The maximum absolute atomic E-state index is 9.34. The molecule has 4 rings (SSSR count). The molecule has 0 aliphatic carbocycles. The van der Waals surface area contributed by atoms with Crippen LogP contribution in [0.1, 0.15) is 5.56 Å².